The third-order valence-corrected chi connectivity index (χ3v) is 3.10. The third-order valence-electron chi connectivity index (χ3n) is 3.10. The van der Waals surface area contributed by atoms with Crippen LogP contribution in [0.3, 0.4) is 0 Å². The lowest BCUT2D eigenvalue weighted by molar-refractivity contribution is -0.132. The molecule has 4 nitrogen and oxygen atoms in total. The third kappa shape index (κ3) is 4.13. The van der Waals surface area contributed by atoms with Crippen LogP contribution in [0.25, 0.3) is 5.57 Å². The van der Waals surface area contributed by atoms with E-state index in [1.807, 2.05) is 0 Å². The highest BCUT2D eigenvalue weighted by atomic mass is 16.5. The number of carboxylic acid groups (broad SMARTS) is 1. The quantitative estimate of drug-likeness (QED) is 0.468. The number of allylic oxidation sites excluding steroid dienone is 1. The topological polar surface area (TPSA) is 70.3 Å². The summed E-state index contributed by atoms with van der Waals surface area (Å²) >= 11 is 0. The zero-order valence-corrected chi connectivity index (χ0v) is 11.8. The zero-order chi connectivity index (χ0) is 15.0. The van der Waals surface area contributed by atoms with Crippen LogP contribution in [0.2, 0.25) is 0 Å². The summed E-state index contributed by atoms with van der Waals surface area (Å²) in [5, 5.41) is 18.2. The van der Waals surface area contributed by atoms with E-state index in [9.17, 15) is 4.79 Å². The molecule has 106 valence electrons. The second kappa shape index (κ2) is 8.00. The van der Waals surface area contributed by atoms with Crippen LogP contribution < -0.4 is 4.74 Å². The highest BCUT2D eigenvalue weighted by Crippen LogP contribution is 2.26. The van der Waals surface area contributed by atoms with Gasteiger partial charge in [-0.15, -0.1) is 0 Å². The summed E-state index contributed by atoms with van der Waals surface area (Å²) in [6, 6.07) is 8.93. The highest BCUT2D eigenvalue weighted by Gasteiger charge is 2.15. The van der Waals surface area contributed by atoms with Crippen molar-refractivity contribution >= 4 is 11.5 Å². The number of aliphatic carboxylic acids is 1. The van der Waals surface area contributed by atoms with Gasteiger partial charge in [0.1, 0.15) is 17.4 Å². The van der Waals surface area contributed by atoms with Crippen LogP contribution in [-0.4, -0.2) is 18.2 Å². The van der Waals surface area contributed by atoms with Crippen LogP contribution in [0.15, 0.2) is 29.8 Å². The number of carbonyl (C=O) groups is 1. The van der Waals surface area contributed by atoms with E-state index < -0.39 is 5.97 Å². The number of nitrogens with zero attached hydrogens (tertiary/aromatic N) is 1. The minimum absolute atomic E-state index is 0.175. The summed E-state index contributed by atoms with van der Waals surface area (Å²) in [6.07, 6.45) is 3.52. The number of unbranched alkanes of at least 4 members (excludes halogenated alkanes) is 2. The van der Waals surface area contributed by atoms with Crippen molar-refractivity contribution in [1.82, 2.24) is 0 Å². The largest absolute Gasteiger partial charge is 0.497 e. The number of hydrogen-bond acceptors (Lipinski definition) is 3. The van der Waals surface area contributed by atoms with Crippen LogP contribution in [0.1, 0.15) is 38.2 Å². The van der Waals surface area contributed by atoms with Crippen LogP contribution in [0.4, 0.5) is 0 Å². The van der Waals surface area contributed by atoms with E-state index in [0.29, 0.717) is 17.7 Å². The van der Waals surface area contributed by atoms with Crippen molar-refractivity contribution in [2.75, 3.05) is 7.11 Å². The SMILES string of the molecule is CCCCCC(=C(C#N)C(=O)O)c1ccc(OC)cc1. The number of hydrogen-bond donors (Lipinski definition) is 1. The summed E-state index contributed by atoms with van der Waals surface area (Å²) in [6.45, 7) is 2.08. The van der Waals surface area contributed by atoms with Crippen LogP contribution in [0, 0.1) is 11.3 Å². The number of methoxy groups -OCH3 is 1. The van der Waals surface area contributed by atoms with E-state index in [0.717, 1.165) is 24.8 Å². The molecule has 0 aliphatic carbocycles. The molecule has 0 heterocycles. The van der Waals surface area contributed by atoms with E-state index in [1.165, 1.54) is 0 Å². The van der Waals surface area contributed by atoms with E-state index in [4.69, 9.17) is 15.1 Å². The molecular weight excluding hydrogens is 254 g/mol. The van der Waals surface area contributed by atoms with Crippen LogP contribution in [0.5, 0.6) is 5.75 Å². The van der Waals surface area contributed by atoms with E-state index in [1.54, 1.807) is 37.4 Å². The van der Waals surface area contributed by atoms with Crippen molar-refractivity contribution in [3.8, 4) is 11.8 Å². The molecule has 1 N–H and O–H groups in total. The minimum atomic E-state index is -1.17. The van der Waals surface area contributed by atoms with Crippen molar-refractivity contribution in [2.45, 2.75) is 32.6 Å². The Labute approximate surface area is 119 Å². The Hall–Kier alpha value is -2.28. The first-order valence-electron chi connectivity index (χ1n) is 6.65. The summed E-state index contributed by atoms with van der Waals surface area (Å²) in [5.41, 5.74) is 1.18. The predicted molar refractivity (Wildman–Crippen MR) is 77.3 cm³/mol. The van der Waals surface area contributed by atoms with Crippen molar-refractivity contribution in [1.29, 1.82) is 5.26 Å². The van der Waals surface area contributed by atoms with Gasteiger partial charge in [0.2, 0.25) is 0 Å². The molecule has 0 saturated carbocycles. The Morgan fingerprint density at radius 1 is 1.30 bits per heavy atom. The predicted octanol–water partition coefficient (Wildman–Crippen LogP) is 3.64. The molecule has 0 unspecified atom stereocenters. The molecule has 1 aromatic carbocycles. The van der Waals surface area contributed by atoms with Gasteiger partial charge in [0, 0.05) is 0 Å². The van der Waals surface area contributed by atoms with Gasteiger partial charge in [-0.2, -0.15) is 5.26 Å². The van der Waals surface area contributed by atoms with Crippen molar-refractivity contribution in [3.05, 3.63) is 35.4 Å². The first-order valence-corrected chi connectivity index (χ1v) is 6.65. The van der Waals surface area contributed by atoms with Crippen molar-refractivity contribution < 1.29 is 14.6 Å². The smallest absolute Gasteiger partial charge is 0.346 e. The minimum Gasteiger partial charge on any atom is -0.497 e. The van der Waals surface area contributed by atoms with Gasteiger partial charge < -0.3 is 9.84 Å². The van der Waals surface area contributed by atoms with Crippen molar-refractivity contribution in [3.63, 3.8) is 0 Å². The normalized spacial score (nSPS) is 11.4. The fourth-order valence-electron chi connectivity index (χ4n) is 2.00. The van der Waals surface area contributed by atoms with Gasteiger partial charge in [0.25, 0.3) is 0 Å². The van der Waals surface area contributed by atoms with Gasteiger partial charge >= 0.3 is 5.97 Å². The summed E-state index contributed by atoms with van der Waals surface area (Å²) < 4.78 is 5.08. The van der Waals surface area contributed by atoms with Gasteiger partial charge in [-0.05, 0) is 36.1 Å². The van der Waals surface area contributed by atoms with E-state index in [-0.39, 0.29) is 5.57 Å². The molecule has 0 atom stereocenters. The molecule has 0 fully saturated rings. The molecular formula is C16H19NO3. The Kier molecular flexibility index (Phi) is 6.31. The lowest BCUT2D eigenvalue weighted by Gasteiger charge is -2.10. The lowest BCUT2D eigenvalue weighted by atomic mass is 9.95. The molecule has 0 saturated heterocycles. The van der Waals surface area contributed by atoms with Gasteiger partial charge in [0.05, 0.1) is 7.11 Å². The van der Waals surface area contributed by atoms with Crippen LogP contribution in [-0.2, 0) is 4.79 Å². The highest BCUT2D eigenvalue weighted by molar-refractivity contribution is 6.00. The van der Waals surface area contributed by atoms with Gasteiger partial charge in [-0.25, -0.2) is 4.79 Å². The summed E-state index contributed by atoms with van der Waals surface area (Å²) in [5.74, 6) is -0.467. The molecule has 0 aromatic heterocycles. The molecule has 0 radical (unpaired) electrons. The molecule has 0 amide bonds. The fraction of sp³-hybridized carbons (Fsp3) is 0.375. The average Bonchev–Trinajstić information content (AvgIpc) is 2.46. The number of carboxylic acids is 1. The van der Waals surface area contributed by atoms with E-state index >= 15 is 0 Å². The molecule has 20 heavy (non-hydrogen) atoms. The zero-order valence-electron chi connectivity index (χ0n) is 11.8. The molecule has 0 aliphatic rings. The maximum absolute atomic E-state index is 11.2. The van der Waals surface area contributed by atoms with Gasteiger partial charge in [0.15, 0.2) is 0 Å². The van der Waals surface area contributed by atoms with Crippen LogP contribution >= 0.6 is 0 Å². The number of ether oxygens (including phenoxy) is 1. The monoisotopic (exact) mass is 273 g/mol. The Balaban J connectivity index is 3.15. The number of rotatable bonds is 7. The molecule has 0 spiro atoms. The maximum atomic E-state index is 11.2. The molecule has 0 bridgehead atoms. The second-order valence-electron chi connectivity index (χ2n) is 4.46. The van der Waals surface area contributed by atoms with E-state index in [2.05, 4.69) is 6.92 Å². The summed E-state index contributed by atoms with van der Waals surface area (Å²) in [4.78, 5) is 11.2. The first kappa shape index (κ1) is 15.8. The van der Waals surface area contributed by atoms with Crippen molar-refractivity contribution in [2.24, 2.45) is 0 Å². The standard InChI is InChI=1S/C16H19NO3/c1-3-4-5-6-14(15(11-17)16(18)19)12-7-9-13(20-2)10-8-12/h7-10H,3-6H2,1-2H3,(H,18,19). The van der Waals surface area contributed by atoms with Gasteiger partial charge in [-0.3, -0.25) is 0 Å². The summed E-state index contributed by atoms with van der Waals surface area (Å²) in [7, 11) is 1.57. The lowest BCUT2D eigenvalue weighted by Crippen LogP contribution is -2.03. The molecule has 0 aliphatic heterocycles. The number of benzene rings is 1. The second-order valence-corrected chi connectivity index (χ2v) is 4.46. The molecule has 1 aromatic rings. The van der Waals surface area contributed by atoms with Gasteiger partial charge in [-0.1, -0.05) is 31.9 Å². The fourth-order valence-corrected chi connectivity index (χ4v) is 2.00. The number of nitriles is 1. The average molecular weight is 273 g/mol. The Bertz CT molecular complexity index is 524. The Morgan fingerprint density at radius 2 is 1.95 bits per heavy atom. The molecule has 1 rings (SSSR count). The molecule has 4 heteroatoms. The first-order chi connectivity index (χ1) is 9.63. The maximum Gasteiger partial charge on any atom is 0.346 e. The Morgan fingerprint density at radius 3 is 2.40 bits per heavy atom.